The third-order valence-corrected chi connectivity index (χ3v) is 11.6. The maximum atomic E-state index is 12.7. The Kier molecular flexibility index (Phi) is 42.1. The predicted octanol–water partition coefficient (Wildman–Crippen LogP) is 13.4. The summed E-state index contributed by atoms with van der Waals surface area (Å²) in [5.41, 5.74) is 5.35. The second-order valence-corrected chi connectivity index (χ2v) is 18.0. The molecule has 0 spiro atoms. The van der Waals surface area contributed by atoms with Crippen LogP contribution in [-0.2, 0) is 37.5 Å². The van der Waals surface area contributed by atoms with Gasteiger partial charge in [0.15, 0.2) is 6.10 Å². The summed E-state index contributed by atoms with van der Waals surface area (Å²) in [7, 11) is -4.72. The van der Waals surface area contributed by atoms with Gasteiger partial charge in [0.1, 0.15) is 12.6 Å². The maximum absolute atomic E-state index is 12.7. The molecule has 0 radical (unpaired) electrons. The normalized spacial score (nSPS) is 13.8. The van der Waals surface area contributed by atoms with Crippen molar-refractivity contribution in [3.8, 4) is 0 Å². The topological polar surface area (TPSA) is 172 Å². The van der Waals surface area contributed by atoms with Gasteiger partial charge in [0.25, 0.3) is 0 Å². The summed E-state index contributed by atoms with van der Waals surface area (Å²) in [6, 6.07) is -1.52. The number of allylic oxidation sites excluding steroid dienone is 4. The van der Waals surface area contributed by atoms with Crippen LogP contribution in [0.4, 0.5) is 0 Å². The molecule has 60 heavy (non-hydrogen) atoms. The average molecular weight is 872 g/mol. The van der Waals surface area contributed by atoms with E-state index in [-0.39, 0.29) is 19.4 Å². The minimum Gasteiger partial charge on any atom is -0.480 e. The molecule has 12 heteroatoms. The molecule has 0 bridgehead atoms. The molecule has 0 aromatic rings. The first-order valence-electron chi connectivity index (χ1n) is 24.4. The summed E-state index contributed by atoms with van der Waals surface area (Å²) in [5, 5.41) is 8.91. The number of ether oxygens (including phenoxy) is 2. The lowest BCUT2D eigenvalue weighted by atomic mass is 10.1. The number of hydrogen-bond donors (Lipinski definition) is 3. The van der Waals surface area contributed by atoms with Crippen molar-refractivity contribution >= 4 is 25.7 Å². The quantitative estimate of drug-likeness (QED) is 0.0230. The Hall–Kier alpha value is -2.04. The second kappa shape index (κ2) is 43.6. The molecular weight excluding hydrogens is 781 g/mol. The van der Waals surface area contributed by atoms with Gasteiger partial charge in [0.2, 0.25) is 0 Å². The van der Waals surface area contributed by atoms with Crippen molar-refractivity contribution in [2.45, 2.75) is 244 Å². The standard InChI is InChI=1S/C48H90NO10P/c1-3-5-7-9-11-13-15-17-19-21-22-24-25-27-29-31-33-35-37-39-46(50)56-41-44(42-57-60(54,55)58-43-45(49)48(52)53)59-47(51)40-38-36-34-32-30-28-26-23-20-18-16-14-12-10-8-6-4-2/h17-20,44-45H,3-16,21-43,49H2,1-2H3,(H,52,53)(H,54,55)/b19-17-,20-18-/t44-,45+/m1/s1. The largest absolute Gasteiger partial charge is 0.480 e. The summed E-state index contributed by atoms with van der Waals surface area (Å²) >= 11 is 0. The number of hydrogen-bond acceptors (Lipinski definition) is 9. The number of carbonyl (C=O) groups is 3. The number of unbranched alkanes of at least 4 members (excludes halogenated alkanes) is 28. The van der Waals surface area contributed by atoms with E-state index in [9.17, 15) is 23.8 Å². The second-order valence-electron chi connectivity index (χ2n) is 16.6. The number of esters is 2. The van der Waals surface area contributed by atoms with Gasteiger partial charge in [-0.1, -0.05) is 179 Å². The van der Waals surface area contributed by atoms with Crippen molar-refractivity contribution in [3.05, 3.63) is 24.3 Å². The molecule has 0 aliphatic carbocycles. The first kappa shape index (κ1) is 58.0. The van der Waals surface area contributed by atoms with E-state index in [1.165, 1.54) is 148 Å². The van der Waals surface area contributed by atoms with Crippen molar-refractivity contribution in [3.63, 3.8) is 0 Å². The van der Waals surface area contributed by atoms with Crippen LogP contribution in [0.1, 0.15) is 232 Å². The van der Waals surface area contributed by atoms with Crippen LogP contribution in [0.25, 0.3) is 0 Å². The fraction of sp³-hybridized carbons (Fsp3) is 0.854. The Labute approximate surface area is 366 Å². The fourth-order valence-electron chi connectivity index (χ4n) is 6.82. The van der Waals surface area contributed by atoms with E-state index in [4.69, 9.17) is 24.8 Å². The Morgan fingerprint density at radius 2 is 0.833 bits per heavy atom. The van der Waals surface area contributed by atoms with E-state index in [2.05, 4.69) is 42.7 Å². The molecule has 0 fully saturated rings. The molecule has 0 aliphatic rings. The first-order chi connectivity index (χ1) is 29.1. The van der Waals surface area contributed by atoms with Crippen molar-refractivity contribution in [2.24, 2.45) is 5.73 Å². The molecule has 0 aliphatic heterocycles. The van der Waals surface area contributed by atoms with Crippen LogP contribution in [0.3, 0.4) is 0 Å². The molecule has 0 heterocycles. The van der Waals surface area contributed by atoms with Crippen LogP contribution >= 0.6 is 7.82 Å². The van der Waals surface area contributed by atoms with Crippen LogP contribution in [-0.4, -0.2) is 59.9 Å². The summed E-state index contributed by atoms with van der Waals surface area (Å²) in [5.74, 6) is -2.37. The summed E-state index contributed by atoms with van der Waals surface area (Å²) in [4.78, 5) is 46.1. The zero-order valence-corrected chi connectivity index (χ0v) is 39.2. The number of nitrogens with two attached hydrogens (primary N) is 1. The first-order valence-corrected chi connectivity index (χ1v) is 25.9. The highest BCUT2D eigenvalue weighted by Crippen LogP contribution is 2.43. The van der Waals surface area contributed by atoms with Crippen LogP contribution < -0.4 is 5.73 Å². The van der Waals surface area contributed by atoms with Crippen LogP contribution in [0.5, 0.6) is 0 Å². The maximum Gasteiger partial charge on any atom is 0.472 e. The molecule has 1 unspecified atom stereocenters. The molecule has 0 aromatic carbocycles. The number of phosphoric acid groups is 1. The number of rotatable bonds is 46. The van der Waals surface area contributed by atoms with Crippen LogP contribution in [0, 0.1) is 0 Å². The number of carbonyl (C=O) groups excluding carboxylic acids is 2. The Balaban J connectivity index is 4.27. The van der Waals surface area contributed by atoms with Crippen LogP contribution in [0.15, 0.2) is 24.3 Å². The molecule has 0 amide bonds. The number of carboxylic acids is 1. The van der Waals surface area contributed by atoms with Gasteiger partial charge in [-0.2, -0.15) is 0 Å². The monoisotopic (exact) mass is 872 g/mol. The van der Waals surface area contributed by atoms with Crippen molar-refractivity contribution in [1.29, 1.82) is 0 Å². The third-order valence-electron chi connectivity index (χ3n) is 10.7. The molecule has 4 N–H and O–H groups in total. The van der Waals surface area contributed by atoms with E-state index in [1.807, 2.05) is 0 Å². The van der Waals surface area contributed by atoms with Crippen molar-refractivity contribution < 1.29 is 47.5 Å². The van der Waals surface area contributed by atoms with Gasteiger partial charge in [0, 0.05) is 12.8 Å². The highest BCUT2D eigenvalue weighted by Gasteiger charge is 2.28. The minimum absolute atomic E-state index is 0.158. The zero-order valence-electron chi connectivity index (χ0n) is 38.3. The Morgan fingerprint density at radius 3 is 1.22 bits per heavy atom. The van der Waals surface area contributed by atoms with Gasteiger partial charge in [-0.15, -0.1) is 0 Å². The summed E-state index contributed by atoms with van der Waals surface area (Å²) in [6.07, 6.45) is 46.6. The van der Waals surface area contributed by atoms with E-state index in [0.29, 0.717) is 12.8 Å². The molecule has 0 rings (SSSR count). The molecule has 11 nitrogen and oxygen atoms in total. The van der Waals surface area contributed by atoms with Gasteiger partial charge >= 0.3 is 25.7 Å². The van der Waals surface area contributed by atoms with E-state index < -0.39 is 51.1 Å². The summed E-state index contributed by atoms with van der Waals surface area (Å²) in [6.45, 7) is 2.82. The molecule has 352 valence electrons. The molecule has 0 saturated carbocycles. The van der Waals surface area contributed by atoms with Gasteiger partial charge in [-0.25, -0.2) is 4.57 Å². The lowest BCUT2D eigenvalue weighted by molar-refractivity contribution is -0.161. The average Bonchev–Trinajstić information content (AvgIpc) is 3.22. The number of phosphoric ester groups is 1. The fourth-order valence-corrected chi connectivity index (χ4v) is 7.60. The van der Waals surface area contributed by atoms with Gasteiger partial charge in [0.05, 0.1) is 13.2 Å². The Morgan fingerprint density at radius 1 is 0.500 bits per heavy atom. The van der Waals surface area contributed by atoms with Gasteiger partial charge in [-0.05, 0) is 64.2 Å². The van der Waals surface area contributed by atoms with E-state index in [0.717, 1.165) is 44.9 Å². The molecular formula is C48H90NO10P. The highest BCUT2D eigenvalue weighted by atomic mass is 31.2. The molecule has 0 saturated heterocycles. The van der Waals surface area contributed by atoms with Crippen molar-refractivity contribution in [2.75, 3.05) is 19.8 Å². The van der Waals surface area contributed by atoms with Crippen molar-refractivity contribution in [1.82, 2.24) is 0 Å². The lowest BCUT2D eigenvalue weighted by Crippen LogP contribution is -2.34. The predicted molar refractivity (Wildman–Crippen MR) is 245 cm³/mol. The highest BCUT2D eigenvalue weighted by molar-refractivity contribution is 7.47. The summed E-state index contributed by atoms with van der Waals surface area (Å²) < 4.78 is 32.8. The van der Waals surface area contributed by atoms with E-state index in [1.54, 1.807) is 0 Å². The van der Waals surface area contributed by atoms with E-state index >= 15 is 0 Å². The Bertz CT molecular complexity index is 1120. The van der Waals surface area contributed by atoms with Crippen LogP contribution in [0.2, 0.25) is 0 Å². The zero-order chi connectivity index (χ0) is 44.2. The third kappa shape index (κ3) is 42.6. The molecule has 3 atom stereocenters. The SMILES string of the molecule is CCCCCCCC/C=C\CCCCCCCCCCCC(=O)OC[C@H](COP(=O)(O)OC[C@H](N)C(=O)O)OC(=O)CCCCCCCCC/C=C\CCCCCCCC. The van der Waals surface area contributed by atoms with Gasteiger partial charge < -0.3 is 25.2 Å². The smallest absolute Gasteiger partial charge is 0.472 e. The lowest BCUT2D eigenvalue weighted by Gasteiger charge is -2.20. The number of aliphatic carboxylic acids is 1. The van der Waals surface area contributed by atoms with Gasteiger partial charge in [-0.3, -0.25) is 23.4 Å². The number of carboxylic acid groups (broad SMARTS) is 1. The molecule has 0 aromatic heterocycles. The minimum atomic E-state index is -4.72.